The van der Waals surface area contributed by atoms with Crippen LogP contribution in [-0.2, 0) is 4.74 Å². The average molecular weight is 301 g/mol. The molecule has 2 aromatic rings. The normalized spacial score (nSPS) is 10.4. The number of aromatic nitrogens is 1. The third-order valence-electron chi connectivity index (χ3n) is 3.46. The van der Waals surface area contributed by atoms with Gasteiger partial charge < -0.3 is 9.47 Å². The quantitative estimate of drug-likeness (QED) is 0.815. The van der Waals surface area contributed by atoms with Gasteiger partial charge in [-0.05, 0) is 50.6 Å². The van der Waals surface area contributed by atoms with E-state index < -0.39 is 5.97 Å². The molecule has 0 aliphatic carbocycles. The van der Waals surface area contributed by atoms with Crippen LogP contribution in [0.1, 0.15) is 28.5 Å². The molecule has 0 saturated heterocycles. The molecule has 1 heterocycles. The fourth-order valence-corrected chi connectivity index (χ4v) is 2.45. The predicted molar refractivity (Wildman–Crippen MR) is 84.0 cm³/mol. The highest BCUT2D eigenvalue weighted by molar-refractivity contribution is 5.92. The van der Waals surface area contributed by atoms with Gasteiger partial charge in [-0.15, -0.1) is 0 Å². The molecule has 0 radical (unpaired) electrons. The van der Waals surface area contributed by atoms with Crippen LogP contribution in [0.4, 0.5) is 0 Å². The standard InChI is InChI=1S/C17H19NO4/c1-5-22-17(20)16-11(2)10-15(19)18(12(16)3)13-6-8-14(21-4)9-7-13/h6-10H,5H2,1-4H3. The van der Waals surface area contributed by atoms with Crippen molar-refractivity contribution in [1.82, 2.24) is 4.57 Å². The van der Waals surface area contributed by atoms with Gasteiger partial charge in [-0.3, -0.25) is 9.36 Å². The van der Waals surface area contributed by atoms with E-state index >= 15 is 0 Å². The Hall–Kier alpha value is -2.56. The van der Waals surface area contributed by atoms with Gasteiger partial charge in [0.05, 0.1) is 19.3 Å². The molecule has 0 aliphatic rings. The summed E-state index contributed by atoms with van der Waals surface area (Å²) in [6.45, 7) is 5.52. The molecule has 0 saturated carbocycles. The number of benzene rings is 1. The molecule has 1 aromatic carbocycles. The van der Waals surface area contributed by atoms with Crippen molar-refractivity contribution >= 4 is 5.97 Å². The van der Waals surface area contributed by atoms with Crippen molar-refractivity contribution in [2.45, 2.75) is 20.8 Å². The molecule has 0 atom stereocenters. The number of carbonyl (C=O) groups is 1. The summed E-state index contributed by atoms with van der Waals surface area (Å²) in [5, 5.41) is 0. The third kappa shape index (κ3) is 2.88. The third-order valence-corrected chi connectivity index (χ3v) is 3.46. The minimum Gasteiger partial charge on any atom is -0.497 e. The van der Waals surface area contributed by atoms with Crippen LogP contribution in [0.15, 0.2) is 35.1 Å². The van der Waals surface area contributed by atoms with Gasteiger partial charge in [0.15, 0.2) is 0 Å². The summed E-state index contributed by atoms with van der Waals surface area (Å²) in [5.41, 5.74) is 2.10. The number of pyridine rings is 1. The predicted octanol–water partition coefficient (Wildman–Crippen LogP) is 2.64. The Labute approximate surface area is 129 Å². The number of methoxy groups -OCH3 is 1. The molecule has 5 heteroatoms. The minimum absolute atomic E-state index is 0.187. The Kier molecular flexibility index (Phi) is 4.65. The summed E-state index contributed by atoms with van der Waals surface area (Å²) in [4.78, 5) is 24.5. The van der Waals surface area contributed by atoms with Crippen molar-refractivity contribution in [3.05, 3.63) is 57.5 Å². The molecule has 0 fully saturated rings. The van der Waals surface area contributed by atoms with E-state index in [0.717, 1.165) is 0 Å². The van der Waals surface area contributed by atoms with Crippen molar-refractivity contribution in [3.63, 3.8) is 0 Å². The first-order valence-corrected chi connectivity index (χ1v) is 7.04. The van der Waals surface area contributed by atoms with Crippen LogP contribution < -0.4 is 10.3 Å². The van der Waals surface area contributed by atoms with Gasteiger partial charge in [0, 0.05) is 17.4 Å². The second-order valence-corrected chi connectivity index (χ2v) is 4.88. The number of aryl methyl sites for hydroxylation is 1. The highest BCUT2D eigenvalue weighted by atomic mass is 16.5. The molecule has 0 aliphatic heterocycles. The lowest BCUT2D eigenvalue weighted by Gasteiger charge is -2.15. The molecule has 0 unspecified atom stereocenters. The molecule has 22 heavy (non-hydrogen) atoms. The van der Waals surface area contributed by atoms with Crippen molar-refractivity contribution < 1.29 is 14.3 Å². The molecule has 116 valence electrons. The van der Waals surface area contributed by atoms with E-state index in [4.69, 9.17) is 9.47 Å². The van der Waals surface area contributed by atoms with E-state index in [1.807, 2.05) is 0 Å². The Morgan fingerprint density at radius 1 is 1.18 bits per heavy atom. The molecular weight excluding hydrogens is 282 g/mol. The monoisotopic (exact) mass is 301 g/mol. The topological polar surface area (TPSA) is 57.5 Å². The number of esters is 1. The van der Waals surface area contributed by atoms with Crippen LogP contribution in [0.2, 0.25) is 0 Å². The van der Waals surface area contributed by atoms with Crippen LogP contribution in [0.3, 0.4) is 0 Å². The molecule has 1 aromatic heterocycles. The van der Waals surface area contributed by atoms with Gasteiger partial charge >= 0.3 is 5.97 Å². The van der Waals surface area contributed by atoms with E-state index in [0.29, 0.717) is 34.9 Å². The second kappa shape index (κ2) is 6.47. The first-order valence-electron chi connectivity index (χ1n) is 7.04. The maximum atomic E-state index is 12.3. The summed E-state index contributed by atoms with van der Waals surface area (Å²) >= 11 is 0. The summed E-state index contributed by atoms with van der Waals surface area (Å²) in [5.74, 6) is 0.284. The minimum atomic E-state index is -0.417. The maximum Gasteiger partial charge on any atom is 0.340 e. The summed E-state index contributed by atoms with van der Waals surface area (Å²) in [6, 6.07) is 8.54. The van der Waals surface area contributed by atoms with E-state index in [1.54, 1.807) is 52.1 Å². The number of nitrogens with zero attached hydrogens (tertiary/aromatic N) is 1. The smallest absolute Gasteiger partial charge is 0.340 e. The molecule has 0 bridgehead atoms. The SMILES string of the molecule is CCOC(=O)c1c(C)cc(=O)n(-c2ccc(OC)cc2)c1C. The zero-order valence-corrected chi connectivity index (χ0v) is 13.2. The van der Waals surface area contributed by atoms with Crippen molar-refractivity contribution in [1.29, 1.82) is 0 Å². The summed E-state index contributed by atoms with van der Waals surface area (Å²) in [7, 11) is 1.58. The van der Waals surface area contributed by atoms with Gasteiger partial charge in [0.1, 0.15) is 5.75 Å². The van der Waals surface area contributed by atoms with E-state index in [2.05, 4.69) is 0 Å². The Morgan fingerprint density at radius 3 is 2.36 bits per heavy atom. The first-order chi connectivity index (χ1) is 10.5. The van der Waals surface area contributed by atoms with Crippen LogP contribution in [0.5, 0.6) is 5.75 Å². The number of carbonyl (C=O) groups excluding carboxylic acids is 1. The number of ether oxygens (including phenoxy) is 2. The van der Waals surface area contributed by atoms with Crippen LogP contribution in [0.25, 0.3) is 5.69 Å². The second-order valence-electron chi connectivity index (χ2n) is 4.88. The van der Waals surface area contributed by atoms with E-state index in [-0.39, 0.29) is 5.56 Å². The maximum absolute atomic E-state index is 12.3. The zero-order chi connectivity index (χ0) is 16.3. The highest BCUT2D eigenvalue weighted by Crippen LogP contribution is 2.19. The molecular formula is C17H19NO4. The number of hydrogen-bond acceptors (Lipinski definition) is 4. The average Bonchev–Trinajstić information content (AvgIpc) is 2.47. The molecule has 5 nitrogen and oxygen atoms in total. The fourth-order valence-electron chi connectivity index (χ4n) is 2.45. The van der Waals surface area contributed by atoms with Crippen molar-refractivity contribution in [2.75, 3.05) is 13.7 Å². The van der Waals surface area contributed by atoms with Gasteiger partial charge in [-0.2, -0.15) is 0 Å². The summed E-state index contributed by atoms with van der Waals surface area (Å²) < 4.78 is 11.7. The van der Waals surface area contributed by atoms with Crippen LogP contribution in [-0.4, -0.2) is 24.3 Å². The van der Waals surface area contributed by atoms with Gasteiger partial charge in [-0.25, -0.2) is 4.79 Å². The number of hydrogen-bond donors (Lipinski definition) is 0. The molecule has 0 amide bonds. The van der Waals surface area contributed by atoms with Crippen LogP contribution in [0, 0.1) is 13.8 Å². The lowest BCUT2D eigenvalue weighted by Crippen LogP contribution is -2.24. The molecule has 0 spiro atoms. The summed E-state index contributed by atoms with van der Waals surface area (Å²) in [6.07, 6.45) is 0. The van der Waals surface area contributed by atoms with E-state index in [1.165, 1.54) is 10.6 Å². The van der Waals surface area contributed by atoms with Gasteiger partial charge in [0.2, 0.25) is 0 Å². The Bertz CT molecular complexity index is 744. The van der Waals surface area contributed by atoms with Crippen molar-refractivity contribution in [3.8, 4) is 11.4 Å². The van der Waals surface area contributed by atoms with Gasteiger partial charge in [-0.1, -0.05) is 0 Å². The fraction of sp³-hybridized carbons (Fsp3) is 0.294. The highest BCUT2D eigenvalue weighted by Gasteiger charge is 2.18. The first kappa shape index (κ1) is 15.8. The largest absolute Gasteiger partial charge is 0.497 e. The van der Waals surface area contributed by atoms with E-state index in [9.17, 15) is 9.59 Å². The molecule has 2 rings (SSSR count). The zero-order valence-electron chi connectivity index (χ0n) is 13.2. The van der Waals surface area contributed by atoms with Gasteiger partial charge in [0.25, 0.3) is 5.56 Å². The lowest BCUT2D eigenvalue weighted by atomic mass is 10.1. The van der Waals surface area contributed by atoms with Crippen molar-refractivity contribution in [2.24, 2.45) is 0 Å². The van der Waals surface area contributed by atoms with Crippen LogP contribution >= 0.6 is 0 Å². The molecule has 0 N–H and O–H groups in total. The lowest BCUT2D eigenvalue weighted by molar-refractivity contribution is 0.0523. The Balaban J connectivity index is 2.62. The number of rotatable bonds is 4. The Morgan fingerprint density at radius 2 is 1.82 bits per heavy atom.